The lowest BCUT2D eigenvalue weighted by molar-refractivity contribution is -0.136. The molecule has 1 saturated heterocycles. The van der Waals surface area contributed by atoms with E-state index in [1.54, 1.807) is 0 Å². The summed E-state index contributed by atoms with van der Waals surface area (Å²) in [4.78, 5) is 23.4. The van der Waals surface area contributed by atoms with Crippen molar-refractivity contribution in [3.63, 3.8) is 0 Å². The van der Waals surface area contributed by atoms with Crippen molar-refractivity contribution in [1.82, 2.24) is 0 Å². The molecular formula is C10H12O3. The normalized spacial score (nSPS) is 53.2. The third-order valence-corrected chi connectivity index (χ3v) is 4.06. The van der Waals surface area contributed by atoms with E-state index in [0.29, 0.717) is 19.3 Å². The van der Waals surface area contributed by atoms with Crippen LogP contribution < -0.4 is 0 Å². The first-order chi connectivity index (χ1) is 6.11. The van der Waals surface area contributed by atoms with Gasteiger partial charge in [0.2, 0.25) is 0 Å². The van der Waals surface area contributed by atoms with Crippen molar-refractivity contribution >= 4 is 11.6 Å². The van der Waals surface area contributed by atoms with E-state index in [0.717, 1.165) is 6.42 Å². The highest BCUT2D eigenvalue weighted by Gasteiger charge is 2.77. The smallest absolute Gasteiger partial charge is 0.168 e. The number of ketones is 2. The van der Waals surface area contributed by atoms with Gasteiger partial charge in [-0.25, -0.2) is 0 Å². The third kappa shape index (κ3) is 0.602. The van der Waals surface area contributed by atoms with Gasteiger partial charge in [-0.15, -0.1) is 0 Å². The zero-order valence-corrected chi connectivity index (χ0v) is 7.63. The molecule has 3 aliphatic rings. The number of ether oxygens (including phenoxy) is 1. The van der Waals surface area contributed by atoms with Crippen molar-refractivity contribution in [2.75, 3.05) is 0 Å². The Morgan fingerprint density at radius 2 is 2.08 bits per heavy atom. The molecule has 0 aromatic heterocycles. The number of Topliss-reactive ketones (excluding diaryl/α,β-unsaturated/α-hetero) is 2. The Hall–Kier alpha value is -0.700. The Labute approximate surface area is 76.4 Å². The van der Waals surface area contributed by atoms with E-state index in [1.165, 1.54) is 0 Å². The van der Waals surface area contributed by atoms with Gasteiger partial charge >= 0.3 is 0 Å². The zero-order valence-electron chi connectivity index (χ0n) is 7.63. The van der Waals surface area contributed by atoms with Crippen LogP contribution in [0.2, 0.25) is 0 Å². The fraction of sp³-hybridized carbons (Fsp3) is 0.800. The molecule has 0 amide bonds. The Kier molecular flexibility index (Phi) is 1.11. The maximum atomic E-state index is 11.7. The van der Waals surface area contributed by atoms with Crippen molar-refractivity contribution in [2.24, 2.45) is 5.41 Å². The lowest BCUT2D eigenvalue weighted by Gasteiger charge is -2.29. The largest absolute Gasteiger partial charge is 0.357 e. The number of hydrogen-bond acceptors (Lipinski definition) is 3. The van der Waals surface area contributed by atoms with Crippen LogP contribution in [0.25, 0.3) is 0 Å². The van der Waals surface area contributed by atoms with Gasteiger partial charge in [0.1, 0.15) is 5.78 Å². The molecule has 2 aliphatic carbocycles. The first kappa shape index (κ1) is 7.68. The molecule has 70 valence electrons. The van der Waals surface area contributed by atoms with E-state index in [4.69, 9.17) is 4.74 Å². The van der Waals surface area contributed by atoms with Crippen LogP contribution in [-0.2, 0) is 14.3 Å². The van der Waals surface area contributed by atoms with Gasteiger partial charge in [0.25, 0.3) is 0 Å². The molecule has 3 heteroatoms. The molecule has 3 unspecified atom stereocenters. The summed E-state index contributed by atoms with van der Waals surface area (Å²) in [6.45, 7) is 1.90. The highest BCUT2D eigenvalue weighted by Crippen LogP contribution is 2.63. The summed E-state index contributed by atoms with van der Waals surface area (Å²) in [6.07, 6.45) is 2.63. The fourth-order valence-electron chi connectivity index (χ4n) is 3.11. The SMILES string of the molecule is CC12CCC(=O)C13OC3CCC2=O. The molecule has 3 fully saturated rings. The van der Waals surface area contributed by atoms with Crippen molar-refractivity contribution < 1.29 is 14.3 Å². The average Bonchev–Trinajstić information content (AvgIpc) is 2.79. The van der Waals surface area contributed by atoms with E-state index in [-0.39, 0.29) is 17.7 Å². The minimum absolute atomic E-state index is 0.0604. The fourth-order valence-corrected chi connectivity index (χ4v) is 3.11. The standard InChI is InChI=1S/C10H12O3/c1-9-5-4-7(12)10(9)8(13-10)3-2-6(9)11/h8H,2-5H2,1H3. The average molecular weight is 180 g/mol. The molecule has 2 saturated carbocycles. The molecule has 1 heterocycles. The molecule has 3 atom stereocenters. The number of rotatable bonds is 0. The van der Waals surface area contributed by atoms with Crippen LogP contribution >= 0.6 is 0 Å². The summed E-state index contributed by atoms with van der Waals surface area (Å²) >= 11 is 0. The molecule has 0 aromatic carbocycles. The molecule has 3 nitrogen and oxygen atoms in total. The maximum absolute atomic E-state index is 11.7. The second-order valence-corrected chi connectivity index (χ2v) is 4.56. The van der Waals surface area contributed by atoms with Crippen LogP contribution in [-0.4, -0.2) is 23.3 Å². The van der Waals surface area contributed by atoms with Crippen molar-refractivity contribution in [3.05, 3.63) is 0 Å². The summed E-state index contributed by atoms with van der Waals surface area (Å²) in [5.41, 5.74) is -1.14. The topological polar surface area (TPSA) is 46.7 Å². The van der Waals surface area contributed by atoms with E-state index in [2.05, 4.69) is 0 Å². The van der Waals surface area contributed by atoms with Crippen LogP contribution in [0.3, 0.4) is 0 Å². The molecular weight excluding hydrogens is 168 g/mol. The van der Waals surface area contributed by atoms with Gasteiger partial charge < -0.3 is 4.74 Å². The van der Waals surface area contributed by atoms with Gasteiger partial charge in [-0.05, 0) is 19.8 Å². The van der Waals surface area contributed by atoms with Crippen LogP contribution in [0.5, 0.6) is 0 Å². The van der Waals surface area contributed by atoms with Crippen LogP contribution in [0.1, 0.15) is 32.6 Å². The first-order valence-electron chi connectivity index (χ1n) is 4.86. The molecule has 0 bridgehead atoms. The lowest BCUT2D eigenvalue weighted by Crippen LogP contribution is -2.46. The number of hydrogen-bond donors (Lipinski definition) is 0. The van der Waals surface area contributed by atoms with Crippen LogP contribution in [0, 0.1) is 5.41 Å². The second kappa shape index (κ2) is 1.87. The highest BCUT2D eigenvalue weighted by atomic mass is 16.6. The van der Waals surface area contributed by atoms with Gasteiger partial charge in [-0.1, -0.05) is 0 Å². The Bertz CT molecular complexity index is 322. The van der Waals surface area contributed by atoms with Crippen LogP contribution in [0.4, 0.5) is 0 Å². The molecule has 0 N–H and O–H groups in total. The summed E-state index contributed by atoms with van der Waals surface area (Å²) < 4.78 is 5.50. The van der Waals surface area contributed by atoms with Crippen molar-refractivity contribution in [3.8, 4) is 0 Å². The van der Waals surface area contributed by atoms with E-state index in [1.807, 2.05) is 6.92 Å². The zero-order chi connectivity index (χ0) is 9.27. The van der Waals surface area contributed by atoms with Gasteiger partial charge in [-0.3, -0.25) is 9.59 Å². The monoisotopic (exact) mass is 180 g/mol. The predicted octanol–water partition coefficient (Wildman–Crippen LogP) is 0.856. The van der Waals surface area contributed by atoms with Gasteiger partial charge in [0.05, 0.1) is 11.5 Å². The number of carbonyl (C=O) groups is 2. The Morgan fingerprint density at radius 1 is 1.31 bits per heavy atom. The molecule has 1 aliphatic heterocycles. The van der Waals surface area contributed by atoms with E-state index >= 15 is 0 Å². The quantitative estimate of drug-likeness (QED) is 0.519. The van der Waals surface area contributed by atoms with Crippen molar-refractivity contribution in [2.45, 2.75) is 44.3 Å². The molecule has 3 rings (SSSR count). The van der Waals surface area contributed by atoms with Crippen LogP contribution in [0.15, 0.2) is 0 Å². The minimum Gasteiger partial charge on any atom is -0.357 e. The molecule has 1 spiro atoms. The number of epoxide rings is 1. The Morgan fingerprint density at radius 3 is 2.77 bits per heavy atom. The lowest BCUT2D eigenvalue weighted by atomic mass is 9.68. The molecule has 13 heavy (non-hydrogen) atoms. The van der Waals surface area contributed by atoms with Gasteiger partial charge in [0.15, 0.2) is 11.4 Å². The predicted molar refractivity (Wildman–Crippen MR) is 44.2 cm³/mol. The minimum atomic E-state index is -0.664. The third-order valence-electron chi connectivity index (χ3n) is 4.06. The molecule has 0 radical (unpaired) electrons. The summed E-state index contributed by atoms with van der Waals surface area (Å²) in [5.74, 6) is 0.389. The van der Waals surface area contributed by atoms with Gasteiger partial charge in [-0.2, -0.15) is 0 Å². The Balaban J connectivity index is 2.13. The van der Waals surface area contributed by atoms with E-state index < -0.39 is 11.0 Å². The summed E-state index contributed by atoms with van der Waals surface area (Å²) in [5, 5.41) is 0. The molecule has 0 aromatic rings. The van der Waals surface area contributed by atoms with Crippen molar-refractivity contribution in [1.29, 1.82) is 0 Å². The summed E-state index contributed by atoms with van der Waals surface area (Å²) in [7, 11) is 0. The summed E-state index contributed by atoms with van der Waals surface area (Å²) in [6, 6.07) is 0. The van der Waals surface area contributed by atoms with E-state index in [9.17, 15) is 9.59 Å². The van der Waals surface area contributed by atoms with Gasteiger partial charge in [0, 0.05) is 12.8 Å². The number of carbonyl (C=O) groups excluding carboxylic acids is 2. The second-order valence-electron chi connectivity index (χ2n) is 4.56. The highest BCUT2D eigenvalue weighted by molar-refractivity contribution is 6.04. The maximum Gasteiger partial charge on any atom is 0.168 e. The first-order valence-corrected chi connectivity index (χ1v) is 4.86.